The van der Waals surface area contributed by atoms with Crippen LogP contribution in [0.3, 0.4) is 0 Å². The van der Waals surface area contributed by atoms with Gasteiger partial charge in [0.15, 0.2) is 0 Å². The molecule has 3 rings (SSSR count). The van der Waals surface area contributed by atoms with Gasteiger partial charge < -0.3 is 15.4 Å². The van der Waals surface area contributed by atoms with E-state index in [1.54, 1.807) is 36.4 Å². The second-order valence-corrected chi connectivity index (χ2v) is 7.65. The van der Waals surface area contributed by atoms with Crippen LogP contribution in [0.15, 0.2) is 53.4 Å². The number of carbonyl (C=O) groups excluding carboxylic acids is 1. The Morgan fingerprint density at radius 1 is 1.11 bits per heavy atom. The van der Waals surface area contributed by atoms with Gasteiger partial charge in [-0.05, 0) is 55.8 Å². The van der Waals surface area contributed by atoms with Gasteiger partial charge in [-0.3, -0.25) is 9.52 Å². The van der Waals surface area contributed by atoms with Crippen molar-refractivity contribution >= 4 is 39.7 Å². The molecule has 2 aromatic rings. The maximum atomic E-state index is 12.6. The van der Waals surface area contributed by atoms with Crippen LogP contribution in [0.4, 0.5) is 11.4 Å². The number of hydrogen-bond donors (Lipinski definition) is 3. The van der Waals surface area contributed by atoms with Gasteiger partial charge in [0.25, 0.3) is 10.0 Å². The van der Waals surface area contributed by atoms with Gasteiger partial charge in [-0.15, -0.1) is 12.4 Å². The Labute approximate surface area is 165 Å². The fourth-order valence-electron chi connectivity index (χ4n) is 2.77. The highest BCUT2D eigenvalue weighted by molar-refractivity contribution is 7.92. The van der Waals surface area contributed by atoms with E-state index in [9.17, 15) is 13.2 Å². The Bertz CT molecular complexity index is 882. The number of ether oxygens (including phenoxy) is 1. The number of carbonyl (C=O) groups is 1. The smallest absolute Gasteiger partial charge is 0.261 e. The molecule has 1 fully saturated rings. The predicted molar refractivity (Wildman–Crippen MR) is 107 cm³/mol. The zero-order valence-corrected chi connectivity index (χ0v) is 16.4. The van der Waals surface area contributed by atoms with E-state index >= 15 is 0 Å². The van der Waals surface area contributed by atoms with Crippen molar-refractivity contribution < 1.29 is 17.9 Å². The lowest BCUT2D eigenvalue weighted by molar-refractivity contribution is -0.117. The van der Waals surface area contributed by atoms with Crippen LogP contribution in [0.1, 0.15) is 12.8 Å². The molecule has 0 aliphatic carbocycles. The van der Waals surface area contributed by atoms with Crippen molar-refractivity contribution in [3.05, 3.63) is 48.5 Å². The van der Waals surface area contributed by atoms with Crippen molar-refractivity contribution in [3.63, 3.8) is 0 Å². The monoisotopic (exact) mass is 411 g/mol. The van der Waals surface area contributed by atoms with Crippen LogP contribution in [-0.2, 0) is 14.8 Å². The van der Waals surface area contributed by atoms with Gasteiger partial charge in [0.1, 0.15) is 5.75 Å². The number of halogens is 1. The molecule has 0 aromatic heterocycles. The second-order valence-electron chi connectivity index (χ2n) is 5.96. The zero-order valence-electron chi connectivity index (χ0n) is 14.8. The topological polar surface area (TPSA) is 96.5 Å². The normalized spacial score (nSPS) is 16.3. The van der Waals surface area contributed by atoms with Crippen LogP contribution in [0, 0.1) is 0 Å². The molecule has 0 saturated carbocycles. The summed E-state index contributed by atoms with van der Waals surface area (Å²) in [6.07, 6.45) is 1.72. The maximum absolute atomic E-state index is 12.6. The summed E-state index contributed by atoms with van der Waals surface area (Å²) in [6.45, 7) is 0.809. The molecule has 0 bridgehead atoms. The minimum absolute atomic E-state index is 0. The lowest BCUT2D eigenvalue weighted by atomic mass is 10.2. The number of hydrogen-bond acceptors (Lipinski definition) is 5. The van der Waals surface area contributed by atoms with E-state index in [1.807, 2.05) is 0 Å². The van der Waals surface area contributed by atoms with Crippen LogP contribution in [0.25, 0.3) is 0 Å². The number of nitrogens with one attached hydrogen (secondary N) is 3. The molecule has 2 aromatic carbocycles. The third-order valence-electron chi connectivity index (χ3n) is 4.18. The number of amides is 1. The summed E-state index contributed by atoms with van der Waals surface area (Å²) in [5.41, 5.74) is 0.734. The maximum Gasteiger partial charge on any atom is 0.261 e. The first-order chi connectivity index (χ1) is 12.5. The summed E-state index contributed by atoms with van der Waals surface area (Å²) in [6, 6.07) is 12.6. The predicted octanol–water partition coefficient (Wildman–Crippen LogP) is 2.61. The minimum atomic E-state index is -3.79. The summed E-state index contributed by atoms with van der Waals surface area (Å²) in [5, 5.41) is 5.91. The number of sulfonamides is 1. The van der Waals surface area contributed by atoms with Crippen LogP contribution in [0.2, 0.25) is 0 Å². The van der Waals surface area contributed by atoms with Crippen molar-refractivity contribution in [1.82, 2.24) is 5.32 Å². The van der Waals surface area contributed by atoms with Gasteiger partial charge in [-0.1, -0.05) is 12.1 Å². The highest BCUT2D eigenvalue weighted by Crippen LogP contribution is 2.25. The molecule has 1 atom stereocenters. The highest BCUT2D eigenvalue weighted by atomic mass is 35.5. The van der Waals surface area contributed by atoms with E-state index < -0.39 is 10.0 Å². The molecule has 0 spiro atoms. The van der Waals surface area contributed by atoms with E-state index in [0.29, 0.717) is 17.1 Å². The van der Waals surface area contributed by atoms with Gasteiger partial charge in [0.05, 0.1) is 29.4 Å². The fourth-order valence-corrected chi connectivity index (χ4v) is 3.85. The summed E-state index contributed by atoms with van der Waals surface area (Å²) < 4.78 is 32.8. The third-order valence-corrected chi connectivity index (χ3v) is 5.56. The number of para-hydroxylation sites is 2. The SMILES string of the molecule is COc1ccc(S(=O)(=O)Nc2ccccc2NC(=O)[C@H]2CCCN2)cc1.Cl. The molecule has 3 N–H and O–H groups in total. The van der Waals surface area contributed by atoms with E-state index in [0.717, 1.165) is 19.4 Å². The van der Waals surface area contributed by atoms with Crippen LogP contribution in [-0.4, -0.2) is 34.0 Å². The van der Waals surface area contributed by atoms with Crippen molar-refractivity contribution in [3.8, 4) is 5.75 Å². The number of rotatable bonds is 6. The van der Waals surface area contributed by atoms with Gasteiger partial charge in [-0.2, -0.15) is 0 Å². The molecule has 0 unspecified atom stereocenters. The van der Waals surface area contributed by atoms with E-state index in [4.69, 9.17) is 4.74 Å². The van der Waals surface area contributed by atoms with Gasteiger partial charge in [0.2, 0.25) is 5.91 Å². The second kappa shape index (κ2) is 9.07. The first-order valence-corrected chi connectivity index (χ1v) is 9.78. The molecule has 1 amide bonds. The Hall–Kier alpha value is -2.29. The van der Waals surface area contributed by atoms with E-state index in [-0.39, 0.29) is 29.3 Å². The quantitative estimate of drug-likeness (QED) is 0.679. The van der Waals surface area contributed by atoms with Crippen LogP contribution < -0.4 is 20.1 Å². The Balaban J connectivity index is 0.00000261. The Kier molecular flexibility index (Phi) is 7.06. The van der Waals surface area contributed by atoms with Crippen molar-refractivity contribution in [2.75, 3.05) is 23.7 Å². The minimum Gasteiger partial charge on any atom is -0.497 e. The third kappa shape index (κ3) is 5.12. The molecular formula is C18H22ClN3O4S. The average molecular weight is 412 g/mol. The first-order valence-electron chi connectivity index (χ1n) is 8.30. The molecule has 0 radical (unpaired) electrons. The average Bonchev–Trinajstić information content (AvgIpc) is 3.18. The zero-order chi connectivity index (χ0) is 18.6. The lowest BCUT2D eigenvalue weighted by Gasteiger charge is -2.16. The van der Waals surface area contributed by atoms with Gasteiger partial charge in [0, 0.05) is 0 Å². The van der Waals surface area contributed by atoms with E-state index in [1.165, 1.54) is 19.2 Å². The lowest BCUT2D eigenvalue weighted by Crippen LogP contribution is -2.35. The molecule has 1 aliphatic rings. The summed E-state index contributed by atoms with van der Waals surface area (Å²) in [7, 11) is -2.27. The molecule has 1 saturated heterocycles. The van der Waals surface area contributed by atoms with Crippen LogP contribution in [0.5, 0.6) is 5.75 Å². The Morgan fingerprint density at radius 2 is 1.78 bits per heavy atom. The van der Waals surface area contributed by atoms with E-state index in [2.05, 4.69) is 15.4 Å². The van der Waals surface area contributed by atoms with Gasteiger partial charge in [-0.25, -0.2) is 8.42 Å². The molecule has 1 heterocycles. The summed E-state index contributed by atoms with van der Waals surface area (Å²) in [5.74, 6) is 0.402. The molecule has 146 valence electrons. The molecular weight excluding hydrogens is 390 g/mol. The molecule has 1 aliphatic heterocycles. The van der Waals surface area contributed by atoms with Crippen molar-refractivity contribution in [2.45, 2.75) is 23.8 Å². The number of benzene rings is 2. The van der Waals surface area contributed by atoms with Crippen molar-refractivity contribution in [1.29, 1.82) is 0 Å². The largest absolute Gasteiger partial charge is 0.497 e. The number of methoxy groups -OCH3 is 1. The van der Waals surface area contributed by atoms with Gasteiger partial charge >= 0.3 is 0 Å². The molecule has 27 heavy (non-hydrogen) atoms. The van der Waals surface area contributed by atoms with Crippen molar-refractivity contribution in [2.24, 2.45) is 0 Å². The number of anilines is 2. The Morgan fingerprint density at radius 3 is 2.37 bits per heavy atom. The summed E-state index contributed by atoms with van der Waals surface area (Å²) in [4.78, 5) is 12.4. The summed E-state index contributed by atoms with van der Waals surface area (Å²) >= 11 is 0. The highest BCUT2D eigenvalue weighted by Gasteiger charge is 2.23. The standard InChI is InChI=1S/C18H21N3O4S.ClH/c1-25-13-8-10-14(11-9-13)26(23,24)21-16-6-3-2-5-15(16)20-18(22)17-7-4-12-19-17;/h2-3,5-6,8-11,17,19,21H,4,7,12H2,1H3,(H,20,22);1H/t17-;/m1./s1. The van der Waals surface area contributed by atoms with Crippen LogP contribution >= 0.6 is 12.4 Å². The fraction of sp³-hybridized carbons (Fsp3) is 0.278. The molecule has 9 heteroatoms. The first kappa shape index (κ1) is 21.0. The molecule has 7 nitrogen and oxygen atoms in total.